The predicted molar refractivity (Wildman–Crippen MR) is 103 cm³/mol. The van der Waals surface area contributed by atoms with Crippen molar-refractivity contribution in [3.8, 4) is 0 Å². The number of hydrogen-bond acceptors (Lipinski definition) is 6. The Balaban J connectivity index is 1.50. The van der Waals surface area contributed by atoms with Gasteiger partial charge in [0.05, 0.1) is 18.9 Å². The van der Waals surface area contributed by atoms with Crippen LogP contribution >= 0.6 is 0 Å². The van der Waals surface area contributed by atoms with Crippen LogP contribution in [0.1, 0.15) is 17.2 Å². The predicted octanol–water partition coefficient (Wildman–Crippen LogP) is 2.70. The van der Waals surface area contributed by atoms with Crippen LogP contribution in [0.5, 0.6) is 0 Å². The lowest BCUT2D eigenvalue weighted by molar-refractivity contribution is 0.122. The SMILES string of the molecule is Fc1cc(C2=C[C@H](c3ccccc3)n3nnnc3N2)ccc1N1CCOCC1. The van der Waals surface area contributed by atoms with E-state index in [4.69, 9.17) is 4.74 Å². The van der Waals surface area contributed by atoms with E-state index in [-0.39, 0.29) is 11.9 Å². The van der Waals surface area contributed by atoms with Crippen molar-refractivity contribution >= 4 is 17.3 Å². The number of tetrazole rings is 1. The summed E-state index contributed by atoms with van der Waals surface area (Å²) in [5.41, 5.74) is 3.20. The third-order valence-corrected chi connectivity index (χ3v) is 5.08. The van der Waals surface area contributed by atoms with Crippen LogP contribution in [0.15, 0.2) is 54.6 Å². The number of morpholine rings is 1. The van der Waals surface area contributed by atoms with Crippen molar-refractivity contribution in [3.63, 3.8) is 0 Å². The highest BCUT2D eigenvalue weighted by Gasteiger charge is 2.25. The summed E-state index contributed by atoms with van der Waals surface area (Å²) in [4.78, 5) is 2.01. The summed E-state index contributed by atoms with van der Waals surface area (Å²) in [6.45, 7) is 2.63. The van der Waals surface area contributed by atoms with Crippen molar-refractivity contribution in [2.75, 3.05) is 36.5 Å². The van der Waals surface area contributed by atoms with E-state index < -0.39 is 0 Å². The molecule has 0 amide bonds. The van der Waals surface area contributed by atoms with Crippen LogP contribution in [0.25, 0.3) is 5.70 Å². The summed E-state index contributed by atoms with van der Waals surface area (Å²) < 4.78 is 21.9. The van der Waals surface area contributed by atoms with Crippen LogP contribution in [-0.2, 0) is 4.74 Å². The van der Waals surface area contributed by atoms with Gasteiger partial charge in [0.25, 0.3) is 0 Å². The Morgan fingerprint density at radius 1 is 1.07 bits per heavy atom. The van der Waals surface area contributed by atoms with Gasteiger partial charge in [0.2, 0.25) is 5.95 Å². The fraction of sp³-hybridized carbons (Fsp3) is 0.250. The maximum Gasteiger partial charge on any atom is 0.248 e. The molecule has 2 aromatic carbocycles. The second-order valence-electron chi connectivity index (χ2n) is 6.77. The number of halogens is 1. The molecule has 3 aromatic rings. The molecule has 1 N–H and O–H groups in total. The summed E-state index contributed by atoms with van der Waals surface area (Å²) in [7, 11) is 0. The third-order valence-electron chi connectivity index (χ3n) is 5.08. The number of nitrogens with one attached hydrogen (secondary N) is 1. The number of ether oxygens (including phenoxy) is 1. The van der Waals surface area contributed by atoms with Crippen LogP contribution in [0.4, 0.5) is 16.0 Å². The number of rotatable bonds is 3. The van der Waals surface area contributed by atoms with Crippen LogP contribution in [0.2, 0.25) is 0 Å². The standard InChI is InChI=1S/C20H19FN6O/c21-16-12-15(6-7-18(16)26-8-10-28-11-9-26)17-13-19(14-4-2-1-3-5-14)27-20(22-17)23-24-25-27/h1-7,12-13,19H,8-11H2,(H,22,23,25)/t19-/m1/s1. The fourth-order valence-electron chi connectivity index (χ4n) is 3.65. The largest absolute Gasteiger partial charge is 0.378 e. The fourth-order valence-corrected chi connectivity index (χ4v) is 3.65. The summed E-state index contributed by atoms with van der Waals surface area (Å²) in [6.07, 6.45) is 2.02. The van der Waals surface area contributed by atoms with Crippen molar-refractivity contribution in [2.45, 2.75) is 6.04 Å². The van der Waals surface area contributed by atoms with Gasteiger partial charge in [-0.1, -0.05) is 41.5 Å². The molecule has 5 rings (SSSR count). The summed E-state index contributed by atoms with van der Waals surface area (Å²) in [6, 6.07) is 15.1. The van der Waals surface area contributed by atoms with Gasteiger partial charge in [0.15, 0.2) is 0 Å². The molecule has 1 aromatic heterocycles. The van der Waals surface area contributed by atoms with E-state index in [9.17, 15) is 4.39 Å². The Hall–Kier alpha value is -3.26. The molecule has 28 heavy (non-hydrogen) atoms. The maximum absolute atomic E-state index is 14.9. The lowest BCUT2D eigenvalue weighted by Gasteiger charge is -2.29. The van der Waals surface area contributed by atoms with Gasteiger partial charge in [-0.15, -0.1) is 0 Å². The molecule has 3 heterocycles. The molecule has 7 nitrogen and oxygen atoms in total. The minimum absolute atomic E-state index is 0.163. The van der Waals surface area contributed by atoms with Gasteiger partial charge in [-0.2, -0.15) is 4.68 Å². The molecule has 0 radical (unpaired) electrons. The third kappa shape index (κ3) is 3.01. The minimum atomic E-state index is -0.247. The monoisotopic (exact) mass is 378 g/mol. The highest BCUT2D eigenvalue weighted by Crippen LogP contribution is 2.33. The van der Waals surface area contributed by atoms with E-state index in [0.717, 1.165) is 16.8 Å². The Morgan fingerprint density at radius 3 is 2.68 bits per heavy atom. The molecule has 0 unspecified atom stereocenters. The smallest absolute Gasteiger partial charge is 0.248 e. The van der Waals surface area contributed by atoms with Gasteiger partial charge in [-0.05, 0) is 34.2 Å². The molecule has 2 aliphatic heterocycles. The molecule has 1 atom stereocenters. The first-order valence-corrected chi connectivity index (χ1v) is 9.24. The molecule has 2 aliphatic rings. The molecule has 0 aliphatic carbocycles. The number of anilines is 2. The Bertz CT molecular complexity index is 1010. The van der Waals surface area contributed by atoms with E-state index in [0.29, 0.717) is 37.9 Å². The van der Waals surface area contributed by atoms with E-state index in [1.807, 2.05) is 53.4 Å². The van der Waals surface area contributed by atoms with Crippen LogP contribution in [0.3, 0.4) is 0 Å². The molecular formula is C20H19FN6O. The van der Waals surface area contributed by atoms with E-state index >= 15 is 0 Å². The Labute approximate surface area is 161 Å². The van der Waals surface area contributed by atoms with Gasteiger partial charge < -0.3 is 15.0 Å². The summed E-state index contributed by atoms with van der Waals surface area (Å²) >= 11 is 0. The highest BCUT2D eigenvalue weighted by atomic mass is 19.1. The first-order valence-electron chi connectivity index (χ1n) is 9.24. The lowest BCUT2D eigenvalue weighted by atomic mass is 10.0. The van der Waals surface area contributed by atoms with Crippen LogP contribution < -0.4 is 10.2 Å². The normalized spacial score (nSPS) is 19.0. The van der Waals surface area contributed by atoms with Gasteiger partial charge in [-0.25, -0.2) is 4.39 Å². The molecule has 0 spiro atoms. The molecule has 1 fully saturated rings. The van der Waals surface area contributed by atoms with Crippen LogP contribution in [0, 0.1) is 5.82 Å². The maximum atomic E-state index is 14.9. The number of allylic oxidation sites excluding steroid dienone is 1. The van der Waals surface area contributed by atoms with Crippen molar-refractivity contribution in [2.24, 2.45) is 0 Å². The summed E-state index contributed by atoms with van der Waals surface area (Å²) in [5, 5.41) is 15.1. The molecular weight excluding hydrogens is 359 g/mol. The van der Waals surface area contributed by atoms with Crippen molar-refractivity contribution in [1.82, 2.24) is 20.2 Å². The van der Waals surface area contributed by atoms with Crippen molar-refractivity contribution < 1.29 is 9.13 Å². The second kappa shape index (κ2) is 7.05. The number of benzene rings is 2. The minimum Gasteiger partial charge on any atom is -0.378 e. The van der Waals surface area contributed by atoms with Crippen molar-refractivity contribution in [1.29, 1.82) is 0 Å². The Kier molecular flexibility index (Phi) is 4.25. The molecule has 1 saturated heterocycles. The number of fused-ring (bicyclic) bond motifs is 1. The number of aromatic nitrogens is 4. The zero-order valence-electron chi connectivity index (χ0n) is 15.1. The van der Waals surface area contributed by atoms with Crippen molar-refractivity contribution in [3.05, 3.63) is 71.6 Å². The average Bonchev–Trinajstić information content (AvgIpc) is 3.23. The average molecular weight is 378 g/mol. The number of hydrogen-bond donors (Lipinski definition) is 1. The lowest BCUT2D eigenvalue weighted by Crippen LogP contribution is -2.36. The van der Waals surface area contributed by atoms with Gasteiger partial charge in [0, 0.05) is 24.4 Å². The topological polar surface area (TPSA) is 68.1 Å². The first-order chi connectivity index (χ1) is 13.8. The Morgan fingerprint density at radius 2 is 1.89 bits per heavy atom. The quantitative estimate of drug-likeness (QED) is 0.756. The van der Waals surface area contributed by atoms with E-state index in [2.05, 4.69) is 20.8 Å². The first kappa shape index (κ1) is 16.9. The van der Waals surface area contributed by atoms with Gasteiger partial charge >= 0.3 is 0 Å². The zero-order chi connectivity index (χ0) is 18.9. The van der Waals surface area contributed by atoms with Gasteiger partial charge in [0.1, 0.15) is 11.9 Å². The molecule has 8 heteroatoms. The second-order valence-corrected chi connectivity index (χ2v) is 6.77. The van der Waals surface area contributed by atoms with Crippen LogP contribution in [-0.4, -0.2) is 46.5 Å². The van der Waals surface area contributed by atoms with E-state index in [1.54, 1.807) is 10.7 Å². The molecule has 0 saturated carbocycles. The summed E-state index contributed by atoms with van der Waals surface area (Å²) in [5.74, 6) is 0.285. The zero-order valence-corrected chi connectivity index (χ0v) is 15.1. The number of nitrogens with zero attached hydrogens (tertiary/aromatic N) is 5. The van der Waals surface area contributed by atoms with Gasteiger partial charge in [-0.3, -0.25) is 0 Å². The highest BCUT2D eigenvalue weighted by molar-refractivity contribution is 5.78. The molecule has 142 valence electrons. The van der Waals surface area contributed by atoms with E-state index in [1.165, 1.54) is 0 Å². The molecule has 0 bridgehead atoms.